The van der Waals surface area contributed by atoms with Gasteiger partial charge in [-0.05, 0) is 31.0 Å². The van der Waals surface area contributed by atoms with Crippen LogP contribution in [0, 0.1) is 13.8 Å². The van der Waals surface area contributed by atoms with Gasteiger partial charge in [0.15, 0.2) is 0 Å². The van der Waals surface area contributed by atoms with Gasteiger partial charge in [-0.15, -0.1) is 0 Å². The Morgan fingerprint density at radius 1 is 1.10 bits per heavy atom. The Balaban J connectivity index is 2.92. The molecule has 4 N–H and O–H groups in total. The van der Waals surface area contributed by atoms with Crippen LogP contribution in [0.1, 0.15) is 18.1 Å². The van der Waals surface area contributed by atoms with Crippen LogP contribution in [0.4, 0.5) is 5.69 Å². The van der Waals surface area contributed by atoms with E-state index >= 15 is 0 Å². The Hall–Kier alpha value is -1.16. The number of sulfonamides is 2. The first-order chi connectivity index (χ1) is 9.60. The molecule has 0 aliphatic carbocycles. The lowest BCUT2D eigenvalue weighted by molar-refractivity contribution is 0.576. The van der Waals surface area contributed by atoms with Crippen molar-refractivity contribution in [2.45, 2.75) is 25.7 Å². The van der Waals surface area contributed by atoms with E-state index < -0.39 is 20.0 Å². The third-order valence-corrected chi connectivity index (χ3v) is 6.14. The summed E-state index contributed by atoms with van der Waals surface area (Å²) in [5, 5.41) is 0. The van der Waals surface area contributed by atoms with Gasteiger partial charge in [0.05, 0.1) is 11.4 Å². The van der Waals surface area contributed by atoms with Crippen molar-refractivity contribution < 1.29 is 16.8 Å². The van der Waals surface area contributed by atoms with Gasteiger partial charge in [-0.1, -0.05) is 13.0 Å². The maximum atomic E-state index is 12.3. The summed E-state index contributed by atoms with van der Waals surface area (Å²) >= 11 is 0. The van der Waals surface area contributed by atoms with Crippen molar-refractivity contribution in [3.05, 3.63) is 23.3 Å². The Morgan fingerprint density at radius 2 is 1.71 bits per heavy atom. The molecule has 0 saturated carbocycles. The normalized spacial score (nSPS) is 12.5. The first kappa shape index (κ1) is 17.9. The predicted molar refractivity (Wildman–Crippen MR) is 83.0 cm³/mol. The second-order valence-corrected chi connectivity index (χ2v) is 8.27. The molecule has 0 bridgehead atoms. The number of hydrogen-bond donors (Lipinski definition) is 3. The molecular weight excluding hydrogens is 314 g/mol. The number of nitrogens with two attached hydrogens (primary N) is 1. The Kier molecular flexibility index (Phi) is 5.74. The van der Waals surface area contributed by atoms with Crippen LogP contribution >= 0.6 is 0 Å². The average molecular weight is 335 g/mol. The zero-order chi connectivity index (χ0) is 16.3. The monoisotopic (exact) mass is 335 g/mol. The first-order valence-electron chi connectivity index (χ1n) is 6.43. The third-order valence-electron chi connectivity index (χ3n) is 3.00. The van der Waals surface area contributed by atoms with E-state index in [0.717, 1.165) is 5.56 Å². The summed E-state index contributed by atoms with van der Waals surface area (Å²) in [6, 6.07) is 3.26. The van der Waals surface area contributed by atoms with Crippen LogP contribution in [0.5, 0.6) is 0 Å². The zero-order valence-corrected chi connectivity index (χ0v) is 13.9. The van der Waals surface area contributed by atoms with Crippen molar-refractivity contribution >= 4 is 25.7 Å². The van der Waals surface area contributed by atoms with Gasteiger partial charge in [0, 0.05) is 13.1 Å². The van der Waals surface area contributed by atoms with E-state index in [0.29, 0.717) is 5.56 Å². The van der Waals surface area contributed by atoms with Gasteiger partial charge in [0.25, 0.3) is 0 Å². The SMILES string of the molecule is CCNS(=O)(=O)CCNS(=O)(=O)c1c(N)ccc(C)c1C. The fourth-order valence-electron chi connectivity index (χ4n) is 1.84. The highest BCUT2D eigenvalue weighted by atomic mass is 32.2. The van der Waals surface area contributed by atoms with Crippen LogP contribution in [-0.2, 0) is 20.0 Å². The van der Waals surface area contributed by atoms with Gasteiger partial charge >= 0.3 is 0 Å². The molecule has 120 valence electrons. The molecule has 0 unspecified atom stereocenters. The van der Waals surface area contributed by atoms with Crippen LogP contribution in [0.15, 0.2) is 17.0 Å². The first-order valence-corrected chi connectivity index (χ1v) is 9.57. The summed E-state index contributed by atoms with van der Waals surface area (Å²) in [7, 11) is -7.32. The van der Waals surface area contributed by atoms with Crippen molar-refractivity contribution in [1.29, 1.82) is 0 Å². The minimum absolute atomic E-state index is 0.00310. The number of nitrogen functional groups attached to an aromatic ring is 1. The molecule has 0 aromatic heterocycles. The predicted octanol–water partition coefficient (Wildman–Crippen LogP) is 0.103. The fourth-order valence-corrected chi connectivity index (χ4v) is 4.38. The van der Waals surface area contributed by atoms with Gasteiger partial charge < -0.3 is 5.73 Å². The van der Waals surface area contributed by atoms with Crippen molar-refractivity contribution in [1.82, 2.24) is 9.44 Å². The zero-order valence-electron chi connectivity index (χ0n) is 12.3. The molecule has 21 heavy (non-hydrogen) atoms. The van der Waals surface area contributed by atoms with Gasteiger partial charge in [-0.25, -0.2) is 26.3 Å². The van der Waals surface area contributed by atoms with E-state index in [-0.39, 0.29) is 29.4 Å². The number of hydrogen-bond acceptors (Lipinski definition) is 5. The number of nitrogens with one attached hydrogen (secondary N) is 2. The summed E-state index contributed by atoms with van der Waals surface area (Å²) < 4.78 is 52.0. The lowest BCUT2D eigenvalue weighted by atomic mass is 10.1. The highest BCUT2D eigenvalue weighted by molar-refractivity contribution is 7.90. The number of aryl methyl sites for hydroxylation is 1. The van der Waals surface area contributed by atoms with Crippen molar-refractivity contribution in [3.8, 4) is 0 Å². The molecule has 0 spiro atoms. The molecule has 0 aliphatic rings. The molecule has 1 aromatic carbocycles. The lowest BCUT2D eigenvalue weighted by Crippen LogP contribution is -2.34. The molecule has 0 radical (unpaired) electrons. The summed E-state index contributed by atoms with van der Waals surface area (Å²) in [4.78, 5) is 0.00310. The minimum Gasteiger partial charge on any atom is -0.398 e. The maximum Gasteiger partial charge on any atom is 0.242 e. The van der Waals surface area contributed by atoms with Gasteiger partial charge in [0.1, 0.15) is 4.90 Å². The van der Waals surface area contributed by atoms with Crippen LogP contribution in [0.25, 0.3) is 0 Å². The van der Waals surface area contributed by atoms with Crippen molar-refractivity contribution in [3.63, 3.8) is 0 Å². The summed E-state index contributed by atoms with van der Waals surface area (Å²) in [6.45, 7) is 5.14. The highest BCUT2D eigenvalue weighted by Gasteiger charge is 2.21. The Bertz CT molecular complexity index is 712. The topological polar surface area (TPSA) is 118 Å². The van der Waals surface area contributed by atoms with Gasteiger partial charge in [-0.2, -0.15) is 0 Å². The smallest absolute Gasteiger partial charge is 0.242 e. The van der Waals surface area contributed by atoms with Crippen molar-refractivity contribution in [2.75, 3.05) is 24.6 Å². The van der Waals surface area contributed by atoms with Crippen LogP contribution in [-0.4, -0.2) is 35.7 Å². The van der Waals surface area contributed by atoms with E-state index in [1.54, 1.807) is 26.8 Å². The minimum atomic E-state index is -3.85. The van der Waals surface area contributed by atoms with E-state index in [2.05, 4.69) is 9.44 Å². The third kappa shape index (κ3) is 4.67. The molecule has 0 saturated heterocycles. The molecule has 9 heteroatoms. The molecule has 0 aliphatic heterocycles. The van der Waals surface area contributed by atoms with E-state index in [4.69, 9.17) is 5.73 Å². The standard InChI is InChI=1S/C12H21N3O4S2/c1-4-14-20(16,17)8-7-15-21(18,19)12-10(3)9(2)5-6-11(12)13/h5-6,14-15H,4,7-8,13H2,1-3H3. The van der Waals surface area contributed by atoms with E-state index in [9.17, 15) is 16.8 Å². The Labute approximate surface area is 126 Å². The fraction of sp³-hybridized carbons (Fsp3) is 0.500. The number of benzene rings is 1. The molecule has 0 amide bonds. The van der Waals surface area contributed by atoms with Crippen LogP contribution < -0.4 is 15.2 Å². The molecule has 0 atom stereocenters. The molecule has 7 nitrogen and oxygen atoms in total. The Morgan fingerprint density at radius 3 is 2.29 bits per heavy atom. The van der Waals surface area contributed by atoms with E-state index in [1.807, 2.05) is 0 Å². The molecule has 0 heterocycles. The highest BCUT2D eigenvalue weighted by Crippen LogP contribution is 2.24. The van der Waals surface area contributed by atoms with Crippen molar-refractivity contribution in [2.24, 2.45) is 0 Å². The van der Waals surface area contributed by atoms with Gasteiger partial charge in [-0.3, -0.25) is 0 Å². The van der Waals surface area contributed by atoms with E-state index in [1.165, 1.54) is 6.07 Å². The number of anilines is 1. The second-order valence-electron chi connectivity index (χ2n) is 4.64. The summed E-state index contributed by atoms with van der Waals surface area (Å²) in [5.74, 6) is -0.329. The molecule has 1 rings (SSSR count). The largest absolute Gasteiger partial charge is 0.398 e. The summed E-state index contributed by atoms with van der Waals surface area (Å²) in [6.07, 6.45) is 0. The quantitative estimate of drug-likeness (QED) is 0.611. The summed E-state index contributed by atoms with van der Waals surface area (Å²) in [5.41, 5.74) is 7.22. The number of rotatable bonds is 7. The van der Waals surface area contributed by atoms with Crippen LogP contribution in [0.3, 0.4) is 0 Å². The molecular formula is C12H21N3O4S2. The van der Waals surface area contributed by atoms with Crippen LogP contribution in [0.2, 0.25) is 0 Å². The lowest BCUT2D eigenvalue weighted by Gasteiger charge is -2.13. The van der Waals surface area contributed by atoms with Gasteiger partial charge in [0.2, 0.25) is 20.0 Å². The maximum absolute atomic E-state index is 12.3. The second kappa shape index (κ2) is 6.73. The molecule has 1 aromatic rings. The molecule has 0 fully saturated rings. The average Bonchev–Trinajstić information content (AvgIpc) is 2.33.